The van der Waals surface area contributed by atoms with Gasteiger partial charge in [0.15, 0.2) is 12.4 Å². The summed E-state index contributed by atoms with van der Waals surface area (Å²) in [5.41, 5.74) is -3.98. The van der Waals surface area contributed by atoms with Crippen LogP contribution in [0.15, 0.2) is 0 Å². The highest BCUT2D eigenvalue weighted by molar-refractivity contribution is 5.83. The number of carbonyl (C=O) groups excluding carboxylic acids is 2. The molecule has 0 amide bonds. The van der Waals surface area contributed by atoms with E-state index in [0.717, 1.165) is 6.42 Å². The van der Waals surface area contributed by atoms with E-state index in [1.807, 2.05) is 27.8 Å². The zero-order valence-electron chi connectivity index (χ0n) is 32.7. The van der Waals surface area contributed by atoms with E-state index < -0.39 is 95.6 Å². The number of hydrogen-bond donors (Lipinski definition) is 4. The van der Waals surface area contributed by atoms with Crippen molar-refractivity contribution in [3.05, 3.63) is 0 Å². The maximum atomic E-state index is 14.1. The van der Waals surface area contributed by atoms with Crippen molar-refractivity contribution >= 4 is 11.8 Å². The lowest BCUT2D eigenvalue weighted by Crippen LogP contribution is -2.61. The van der Waals surface area contributed by atoms with Crippen molar-refractivity contribution in [2.75, 3.05) is 21.3 Å². The number of aliphatic hydroxyl groups excluding tert-OH is 2. The first-order valence-electron chi connectivity index (χ1n) is 18.5. The van der Waals surface area contributed by atoms with Crippen LogP contribution >= 0.6 is 0 Å². The van der Waals surface area contributed by atoms with Gasteiger partial charge in [0.1, 0.15) is 35.1 Å². The van der Waals surface area contributed by atoms with E-state index in [2.05, 4.69) is 5.32 Å². The van der Waals surface area contributed by atoms with Crippen molar-refractivity contribution in [3.63, 3.8) is 0 Å². The summed E-state index contributed by atoms with van der Waals surface area (Å²) in [4.78, 5) is 28.1. The Morgan fingerprint density at radius 2 is 1.52 bits per heavy atom. The third-order valence-corrected chi connectivity index (χ3v) is 12.0. The maximum Gasteiger partial charge on any atom is 0.317 e. The number of carbonyl (C=O) groups is 2. The summed E-state index contributed by atoms with van der Waals surface area (Å²) in [7, 11) is 5.01. The minimum Gasteiger partial charge on any atom is -0.459 e. The molecule has 0 aromatic carbocycles. The van der Waals surface area contributed by atoms with E-state index >= 15 is 0 Å². The minimum absolute atomic E-state index is 0.0833. The van der Waals surface area contributed by atoms with Gasteiger partial charge in [0, 0.05) is 38.5 Å². The number of cyclic esters (lactones) is 1. The van der Waals surface area contributed by atoms with Crippen LogP contribution in [-0.2, 0) is 38.0 Å². The summed E-state index contributed by atoms with van der Waals surface area (Å²) in [6.45, 7) is 17.6. The zero-order valence-corrected chi connectivity index (χ0v) is 32.7. The van der Waals surface area contributed by atoms with Crippen molar-refractivity contribution in [2.45, 2.75) is 179 Å². The molecule has 0 radical (unpaired) electrons. The van der Waals surface area contributed by atoms with Gasteiger partial charge in [0.05, 0.1) is 42.4 Å². The minimum atomic E-state index is -1.92. The van der Waals surface area contributed by atoms with Gasteiger partial charge in [-0.05, 0) is 67.9 Å². The molecule has 0 aliphatic carbocycles. The number of hydrogen-bond acceptors (Lipinski definition) is 12. The molecule has 3 aliphatic heterocycles. The Bertz CT molecular complexity index is 1120. The number of nitrogens with one attached hydrogen (secondary N) is 1. The van der Waals surface area contributed by atoms with Crippen LogP contribution in [-0.4, -0.2) is 131 Å². The third-order valence-electron chi connectivity index (χ3n) is 12.0. The first-order chi connectivity index (χ1) is 23.2. The van der Waals surface area contributed by atoms with Crippen LogP contribution in [0.25, 0.3) is 0 Å². The maximum absolute atomic E-state index is 14.1. The highest BCUT2D eigenvalue weighted by Gasteiger charge is 2.55. The van der Waals surface area contributed by atoms with Crippen molar-refractivity contribution in [2.24, 2.45) is 23.7 Å². The van der Waals surface area contributed by atoms with Crippen molar-refractivity contribution < 1.29 is 58.1 Å². The molecule has 13 nitrogen and oxygen atoms in total. The molecule has 3 rings (SSSR count). The van der Waals surface area contributed by atoms with Crippen LogP contribution in [0.4, 0.5) is 0 Å². The fraction of sp³-hybridized carbons (Fsp3) is 0.946. The molecule has 17 atom stereocenters. The van der Waals surface area contributed by atoms with E-state index in [1.165, 1.54) is 14.0 Å². The lowest BCUT2D eigenvalue weighted by atomic mass is 9.74. The topological polar surface area (TPSA) is 175 Å². The van der Waals surface area contributed by atoms with Crippen LogP contribution < -0.4 is 5.32 Å². The second-order valence-corrected chi connectivity index (χ2v) is 16.0. The van der Waals surface area contributed by atoms with Crippen LogP contribution in [0, 0.1) is 23.7 Å². The van der Waals surface area contributed by atoms with Gasteiger partial charge in [0.2, 0.25) is 0 Å². The zero-order chi connectivity index (χ0) is 37.9. The quantitative estimate of drug-likeness (QED) is 0.214. The average molecular weight is 719 g/mol. The Balaban J connectivity index is 2.18. The van der Waals surface area contributed by atoms with Gasteiger partial charge in [-0.2, -0.15) is 0 Å². The number of aliphatic hydroxyl groups is 5. The number of esters is 1. The Hall–Kier alpha value is -1.26. The molecule has 3 unspecified atom stereocenters. The average Bonchev–Trinajstić information content (AvgIpc) is 3.07. The summed E-state index contributed by atoms with van der Waals surface area (Å²) in [5.74, 6) is -3.90. The van der Waals surface area contributed by atoms with Gasteiger partial charge in [-0.25, -0.2) is 0 Å². The second-order valence-electron chi connectivity index (χ2n) is 16.0. The van der Waals surface area contributed by atoms with Crippen molar-refractivity contribution in [1.29, 1.82) is 0 Å². The van der Waals surface area contributed by atoms with Gasteiger partial charge in [-0.1, -0.05) is 27.7 Å². The highest BCUT2D eigenvalue weighted by Crippen LogP contribution is 2.41. The standard InChI is InChI=1S/C37H67NO12/c1-14-26-37(10,43)31(40)21(4)29(39)19(2)17-36(9,45-13)33(50-27-16-25(38-11)15-20(3)46-27)22(5)30(23(6)34(42)48-26)49-28-18-35(8,44-12)32(41)24(7)47-28/h19-28,30-33,38,40-41,43H,14-18H2,1-13H3/p+1/t19-,20-,21+,22+,23-,24+,25?,26-,27+,28+,30?,31?,32+,33-,35-,36-,37-/m1/s1. The van der Waals surface area contributed by atoms with E-state index in [4.69, 9.17) is 33.2 Å². The molecule has 0 saturated carbocycles. The van der Waals surface area contributed by atoms with Crippen molar-refractivity contribution in [1.82, 2.24) is 5.32 Å². The molecule has 3 aliphatic rings. The lowest BCUT2D eigenvalue weighted by Gasteiger charge is -2.47. The molecule has 0 spiro atoms. The molecular weight excluding hydrogens is 650 g/mol. The summed E-state index contributed by atoms with van der Waals surface area (Å²) in [5, 5.41) is 37.3. The second kappa shape index (κ2) is 17.3. The lowest BCUT2D eigenvalue weighted by molar-refractivity contribution is -0.362. The fourth-order valence-electron chi connectivity index (χ4n) is 8.46. The van der Waals surface area contributed by atoms with Crippen LogP contribution in [0.5, 0.6) is 0 Å². The number of ether oxygens (including phenoxy) is 7. The van der Waals surface area contributed by atoms with Crippen LogP contribution in [0.2, 0.25) is 0 Å². The predicted octanol–water partition coefficient (Wildman–Crippen LogP) is 2.64. The van der Waals surface area contributed by atoms with E-state index in [0.29, 0.717) is 6.42 Å². The van der Waals surface area contributed by atoms with Gasteiger partial charge in [0.25, 0.3) is 6.29 Å². The molecule has 0 aromatic rings. The number of ketones is 1. The molecule has 292 valence electrons. The predicted molar refractivity (Wildman–Crippen MR) is 186 cm³/mol. The SMILES string of the molecule is CC[C@H]1OC(=O)[C@H](C)C([OH+][C@H]2C[C@@](C)(OC)[C@@H](O)[C@H](C)O2)[C@H](C)[C@@H](O[C@H]2CC(NC)C[C@@H](C)O2)[C@](C)(OC)C[C@@H](C)C(=O)[C@H](C)C(O)[C@]1(C)O. The molecule has 3 saturated heterocycles. The molecule has 5 N–H and O–H groups in total. The molecule has 0 bridgehead atoms. The van der Waals surface area contributed by atoms with Gasteiger partial charge < -0.3 is 53.8 Å². The summed E-state index contributed by atoms with van der Waals surface area (Å²) >= 11 is 0. The number of rotatable bonds is 8. The summed E-state index contributed by atoms with van der Waals surface area (Å²) in [6.07, 6.45) is -5.14. The normalized spacial score (nSPS) is 48.9. The Morgan fingerprint density at radius 3 is 2.08 bits per heavy atom. The van der Waals surface area contributed by atoms with Crippen molar-refractivity contribution in [3.8, 4) is 0 Å². The number of Topliss-reactive ketones (excluding diaryl/α,β-unsaturated/α-hetero) is 1. The Morgan fingerprint density at radius 1 is 0.900 bits per heavy atom. The molecule has 50 heavy (non-hydrogen) atoms. The first-order valence-corrected chi connectivity index (χ1v) is 18.5. The number of methoxy groups -OCH3 is 2. The van der Waals surface area contributed by atoms with Gasteiger partial charge >= 0.3 is 5.97 Å². The first kappa shape index (κ1) is 43.1. The van der Waals surface area contributed by atoms with E-state index in [1.54, 1.807) is 48.7 Å². The molecular formula is C37H68NO12+. The highest BCUT2D eigenvalue weighted by atomic mass is 16.7. The van der Waals surface area contributed by atoms with Crippen LogP contribution in [0.1, 0.15) is 101 Å². The fourth-order valence-corrected chi connectivity index (χ4v) is 8.46. The molecule has 13 heteroatoms. The molecule has 3 heterocycles. The largest absolute Gasteiger partial charge is 0.459 e. The van der Waals surface area contributed by atoms with E-state index in [9.17, 15) is 24.9 Å². The monoisotopic (exact) mass is 718 g/mol. The Labute approximate surface area is 299 Å². The molecule has 3 fully saturated rings. The van der Waals surface area contributed by atoms with Crippen LogP contribution in [0.3, 0.4) is 0 Å². The smallest absolute Gasteiger partial charge is 0.317 e. The summed E-state index contributed by atoms with van der Waals surface area (Å²) in [6, 6.07) is 0.151. The van der Waals surface area contributed by atoms with Gasteiger partial charge in [-0.3, -0.25) is 9.59 Å². The molecule has 0 aromatic heterocycles. The van der Waals surface area contributed by atoms with E-state index in [-0.39, 0.29) is 37.2 Å². The van der Waals surface area contributed by atoms with Gasteiger partial charge in [-0.15, -0.1) is 0 Å². The summed E-state index contributed by atoms with van der Waals surface area (Å²) < 4.78 is 42.6. The third kappa shape index (κ3) is 9.26. The Kier molecular flexibility index (Phi) is 14.9.